The standard InChI is InChI=1S/C17H28N4S/c1-13-6-9-21(10-7-13)16(18)20-12-14-5-8-19-15(11-14)22-17(2,3)4/h5,8,11,13H,6-7,9-10,12H2,1-4H3,(H2,18,20). The van der Waals surface area contributed by atoms with E-state index in [9.17, 15) is 0 Å². The number of guanidine groups is 1. The zero-order chi connectivity index (χ0) is 16.2. The molecule has 122 valence electrons. The number of thioether (sulfide) groups is 1. The van der Waals surface area contributed by atoms with Gasteiger partial charge < -0.3 is 10.6 Å². The van der Waals surface area contributed by atoms with Gasteiger partial charge in [-0.1, -0.05) is 27.7 Å². The first-order valence-corrected chi connectivity index (χ1v) is 8.84. The fourth-order valence-corrected chi connectivity index (χ4v) is 3.38. The van der Waals surface area contributed by atoms with Gasteiger partial charge in [-0.3, -0.25) is 0 Å². The lowest BCUT2D eigenvalue weighted by atomic mass is 10.00. The third-order valence-electron chi connectivity index (χ3n) is 3.74. The van der Waals surface area contributed by atoms with E-state index in [-0.39, 0.29) is 4.75 Å². The minimum absolute atomic E-state index is 0.165. The van der Waals surface area contributed by atoms with Gasteiger partial charge in [0.05, 0.1) is 11.6 Å². The minimum atomic E-state index is 0.165. The number of pyridine rings is 1. The van der Waals surface area contributed by atoms with Crippen LogP contribution >= 0.6 is 11.8 Å². The maximum Gasteiger partial charge on any atom is 0.191 e. The van der Waals surface area contributed by atoms with Gasteiger partial charge in [-0.15, -0.1) is 11.8 Å². The third-order valence-corrected chi connectivity index (χ3v) is 4.79. The molecule has 0 aromatic carbocycles. The molecular formula is C17H28N4S. The smallest absolute Gasteiger partial charge is 0.191 e. The maximum atomic E-state index is 6.14. The Hall–Kier alpha value is -1.23. The topological polar surface area (TPSA) is 54.5 Å². The number of nitrogens with zero attached hydrogens (tertiary/aromatic N) is 3. The maximum absolute atomic E-state index is 6.14. The Kier molecular flexibility index (Phi) is 5.73. The summed E-state index contributed by atoms with van der Waals surface area (Å²) < 4.78 is 0.165. The number of piperidine rings is 1. The van der Waals surface area contributed by atoms with Gasteiger partial charge in [0, 0.05) is 24.0 Å². The van der Waals surface area contributed by atoms with E-state index in [0.29, 0.717) is 12.5 Å². The number of nitrogens with two attached hydrogens (primary N) is 1. The zero-order valence-electron chi connectivity index (χ0n) is 14.2. The molecule has 0 saturated carbocycles. The minimum Gasteiger partial charge on any atom is -0.370 e. The van der Waals surface area contributed by atoms with Crippen molar-refractivity contribution in [3.05, 3.63) is 23.9 Å². The van der Waals surface area contributed by atoms with Crippen molar-refractivity contribution in [2.24, 2.45) is 16.6 Å². The SMILES string of the molecule is CC1CCN(C(N)=NCc2ccnc(SC(C)(C)C)c2)CC1. The predicted molar refractivity (Wildman–Crippen MR) is 95.1 cm³/mol. The van der Waals surface area contributed by atoms with Crippen LogP contribution in [0.3, 0.4) is 0 Å². The molecule has 2 N–H and O–H groups in total. The summed E-state index contributed by atoms with van der Waals surface area (Å²) in [5.74, 6) is 1.48. The van der Waals surface area contributed by atoms with E-state index in [0.717, 1.165) is 29.6 Å². The van der Waals surface area contributed by atoms with Gasteiger partial charge in [-0.05, 0) is 36.5 Å². The number of rotatable bonds is 3. The summed E-state index contributed by atoms with van der Waals surface area (Å²) in [6.07, 6.45) is 4.27. The van der Waals surface area contributed by atoms with E-state index in [1.54, 1.807) is 11.8 Å². The van der Waals surface area contributed by atoms with Crippen LogP contribution in [0, 0.1) is 5.92 Å². The normalized spacial score (nSPS) is 17.8. The molecule has 22 heavy (non-hydrogen) atoms. The molecule has 0 amide bonds. The largest absolute Gasteiger partial charge is 0.370 e. The van der Waals surface area contributed by atoms with E-state index in [1.165, 1.54) is 12.8 Å². The van der Waals surface area contributed by atoms with Crippen LogP contribution in [0.1, 0.15) is 46.1 Å². The second-order valence-corrected chi connectivity index (χ2v) is 8.91. The summed E-state index contributed by atoms with van der Waals surface area (Å²) in [6, 6.07) is 4.13. The van der Waals surface area contributed by atoms with Crippen LogP contribution < -0.4 is 5.73 Å². The molecule has 1 aromatic rings. The third kappa shape index (κ3) is 5.52. The fraction of sp³-hybridized carbons (Fsp3) is 0.647. The Morgan fingerprint density at radius 1 is 1.41 bits per heavy atom. The average molecular weight is 321 g/mol. The molecule has 2 rings (SSSR count). The number of hydrogen-bond acceptors (Lipinski definition) is 3. The van der Waals surface area contributed by atoms with E-state index in [4.69, 9.17) is 5.73 Å². The highest BCUT2D eigenvalue weighted by Crippen LogP contribution is 2.30. The molecule has 0 aliphatic carbocycles. The number of hydrogen-bond donors (Lipinski definition) is 1. The summed E-state index contributed by atoms with van der Waals surface area (Å²) in [5.41, 5.74) is 7.30. The van der Waals surface area contributed by atoms with E-state index >= 15 is 0 Å². The first kappa shape index (κ1) is 17.1. The van der Waals surface area contributed by atoms with Crippen LogP contribution in [-0.2, 0) is 6.54 Å². The number of aliphatic imine (C=N–C) groups is 1. The molecule has 4 nitrogen and oxygen atoms in total. The molecular weight excluding hydrogens is 292 g/mol. The molecule has 1 aromatic heterocycles. The first-order chi connectivity index (χ1) is 10.3. The Morgan fingerprint density at radius 2 is 2.09 bits per heavy atom. The van der Waals surface area contributed by atoms with Crippen molar-refractivity contribution in [1.29, 1.82) is 0 Å². The van der Waals surface area contributed by atoms with Gasteiger partial charge in [0.15, 0.2) is 5.96 Å². The second-order valence-electron chi connectivity index (χ2n) is 7.06. The number of likely N-dealkylation sites (tertiary alicyclic amines) is 1. The Bertz CT molecular complexity index is 514. The lowest BCUT2D eigenvalue weighted by molar-refractivity contribution is 0.277. The highest BCUT2D eigenvalue weighted by atomic mass is 32.2. The van der Waals surface area contributed by atoms with E-state index in [1.807, 2.05) is 12.3 Å². The fourth-order valence-electron chi connectivity index (χ4n) is 2.43. The summed E-state index contributed by atoms with van der Waals surface area (Å²) in [4.78, 5) is 11.2. The molecule has 2 heterocycles. The van der Waals surface area contributed by atoms with Crippen LogP contribution in [0.4, 0.5) is 0 Å². The van der Waals surface area contributed by atoms with Crippen molar-refractivity contribution in [3.8, 4) is 0 Å². The van der Waals surface area contributed by atoms with Gasteiger partial charge in [-0.2, -0.15) is 0 Å². The van der Waals surface area contributed by atoms with Crippen LogP contribution in [0.2, 0.25) is 0 Å². The summed E-state index contributed by atoms with van der Waals surface area (Å²) >= 11 is 1.78. The van der Waals surface area contributed by atoms with E-state index < -0.39 is 0 Å². The van der Waals surface area contributed by atoms with Gasteiger partial charge in [0.1, 0.15) is 0 Å². The monoisotopic (exact) mass is 320 g/mol. The lowest BCUT2D eigenvalue weighted by Gasteiger charge is -2.31. The Balaban J connectivity index is 1.95. The summed E-state index contributed by atoms with van der Waals surface area (Å²) in [6.45, 7) is 11.6. The Morgan fingerprint density at radius 3 is 2.73 bits per heavy atom. The molecule has 1 aliphatic rings. The zero-order valence-corrected chi connectivity index (χ0v) is 15.0. The molecule has 0 spiro atoms. The molecule has 5 heteroatoms. The van der Waals surface area contributed by atoms with Crippen LogP contribution in [0.15, 0.2) is 28.3 Å². The molecule has 0 atom stereocenters. The molecule has 1 fully saturated rings. The van der Waals surface area contributed by atoms with Crippen molar-refractivity contribution in [3.63, 3.8) is 0 Å². The second kappa shape index (κ2) is 7.36. The van der Waals surface area contributed by atoms with Crippen LogP contribution in [0.5, 0.6) is 0 Å². The first-order valence-electron chi connectivity index (χ1n) is 8.02. The van der Waals surface area contributed by atoms with Crippen molar-refractivity contribution in [1.82, 2.24) is 9.88 Å². The van der Waals surface area contributed by atoms with Gasteiger partial charge >= 0.3 is 0 Å². The average Bonchev–Trinajstić information content (AvgIpc) is 2.44. The van der Waals surface area contributed by atoms with Crippen molar-refractivity contribution in [2.45, 2.75) is 56.9 Å². The van der Waals surface area contributed by atoms with Gasteiger partial charge in [0.25, 0.3) is 0 Å². The lowest BCUT2D eigenvalue weighted by Crippen LogP contribution is -2.42. The van der Waals surface area contributed by atoms with Crippen molar-refractivity contribution >= 4 is 17.7 Å². The van der Waals surface area contributed by atoms with Crippen molar-refractivity contribution in [2.75, 3.05) is 13.1 Å². The molecule has 0 radical (unpaired) electrons. The highest BCUT2D eigenvalue weighted by molar-refractivity contribution is 8.00. The molecule has 1 saturated heterocycles. The van der Waals surface area contributed by atoms with Gasteiger partial charge in [-0.25, -0.2) is 9.98 Å². The number of aromatic nitrogens is 1. The molecule has 1 aliphatic heterocycles. The quantitative estimate of drug-likeness (QED) is 0.526. The Labute approximate surface area is 138 Å². The van der Waals surface area contributed by atoms with Gasteiger partial charge in [0.2, 0.25) is 0 Å². The molecule has 0 unspecified atom stereocenters. The van der Waals surface area contributed by atoms with Crippen molar-refractivity contribution < 1.29 is 0 Å². The highest BCUT2D eigenvalue weighted by Gasteiger charge is 2.17. The van der Waals surface area contributed by atoms with Crippen LogP contribution in [0.25, 0.3) is 0 Å². The predicted octanol–water partition coefficient (Wildman–Crippen LogP) is 3.52. The summed E-state index contributed by atoms with van der Waals surface area (Å²) in [7, 11) is 0. The van der Waals surface area contributed by atoms with E-state index in [2.05, 4.69) is 48.6 Å². The van der Waals surface area contributed by atoms with Crippen LogP contribution in [-0.4, -0.2) is 33.7 Å². The molecule has 0 bridgehead atoms. The summed E-state index contributed by atoms with van der Waals surface area (Å²) in [5, 5.41) is 1.05.